The number of benzene rings is 1. The molecule has 1 aromatic carbocycles. The predicted molar refractivity (Wildman–Crippen MR) is 68.4 cm³/mol. The highest BCUT2D eigenvalue weighted by Gasteiger charge is 2.19. The molecule has 3 N–H and O–H groups in total. The van der Waals surface area contributed by atoms with Crippen molar-refractivity contribution in [2.75, 3.05) is 13.1 Å². The first-order valence-corrected chi connectivity index (χ1v) is 6.20. The van der Waals surface area contributed by atoms with Crippen LogP contribution in [0, 0.1) is 19.8 Å². The molecule has 1 fully saturated rings. The molecule has 2 atom stereocenters. The Morgan fingerprint density at radius 3 is 2.88 bits per heavy atom. The second-order valence-corrected chi connectivity index (χ2v) is 5.06. The number of hydrogen-bond donors (Lipinski definition) is 2. The standard InChI is InChI=1S/C14H22N2/c1-10-3-4-13(11(2)7-10)14(15)8-12-5-6-16-9-12/h3-4,7,12,14,16H,5-6,8-9,15H2,1-2H3. The van der Waals surface area contributed by atoms with Crippen LogP contribution in [0.5, 0.6) is 0 Å². The zero-order valence-electron chi connectivity index (χ0n) is 10.3. The zero-order chi connectivity index (χ0) is 11.5. The van der Waals surface area contributed by atoms with E-state index in [4.69, 9.17) is 5.73 Å². The van der Waals surface area contributed by atoms with Gasteiger partial charge in [0, 0.05) is 6.04 Å². The number of nitrogens with one attached hydrogen (secondary N) is 1. The summed E-state index contributed by atoms with van der Waals surface area (Å²) in [6.45, 7) is 6.58. The van der Waals surface area contributed by atoms with E-state index in [0.29, 0.717) is 0 Å². The Balaban J connectivity index is 2.04. The highest BCUT2D eigenvalue weighted by atomic mass is 14.9. The normalized spacial score (nSPS) is 22.3. The molecule has 0 amide bonds. The summed E-state index contributed by atoms with van der Waals surface area (Å²) < 4.78 is 0. The summed E-state index contributed by atoms with van der Waals surface area (Å²) in [7, 11) is 0. The molecule has 1 aliphatic heterocycles. The van der Waals surface area contributed by atoms with Gasteiger partial charge in [-0.05, 0) is 56.8 Å². The SMILES string of the molecule is Cc1ccc(C(N)CC2CCNC2)c(C)c1. The molecule has 2 rings (SSSR count). The van der Waals surface area contributed by atoms with Crippen LogP contribution in [0.1, 0.15) is 35.6 Å². The Kier molecular flexibility index (Phi) is 3.62. The van der Waals surface area contributed by atoms with Crippen molar-refractivity contribution < 1.29 is 0 Å². The van der Waals surface area contributed by atoms with E-state index in [2.05, 4.69) is 37.4 Å². The molecule has 1 aromatic rings. The Labute approximate surface area is 98.2 Å². The van der Waals surface area contributed by atoms with Gasteiger partial charge in [-0.15, -0.1) is 0 Å². The lowest BCUT2D eigenvalue weighted by Crippen LogP contribution is -2.18. The molecule has 1 aliphatic rings. The Morgan fingerprint density at radius 2 is 2.25 bits per heavy atom. The summed E-state index contributed by atoms with van der Waals surface area (Å²) in [6.07, 6.45) is 2.38. The molecule has 0 radical (unpaired) electrons. The van der Waals surface area contributed by atoms with Crippen LogP contribution < -0.4 is 11.1 Å². The summed E-state index contributed by atoms with van der Waals surface area (Å²) in [5.74, 6) is 0.760. The second kappa shape index (κ2) is 4.98. The largest absolute Gasteiger partial charge is 0.324 e. The highest BCUT2D eigenvalue weighted by Crippen LogP contribution is 2.25. The average molecular weight is 218 g/mol. The van der Waals surface area contributed by atoms with Crippen molar-refractivity contribution in [1.29, 1.82) is 0 Å². The van der Waals surface area contributed by atoms with Gasteiger partial charge in [-0.2, -0.15) is 0 Å². The third-order valence-corrected chi connectivity index (χ3v) is 3.57. The fourth-order valence-electron chi connectivity index (χ4n) is 2.64. The lowest BCUT2D eigenvalue weighted by Gasteiger charge is -2.18. The number of nitrogens with two attached hydrogens (primary N) is 1. The molecular weight excluding hydrogens is 196 g/mol. The molecule has 88 valence electrons. The quantitative estimate of drug-likeness (QED) is 0.817. The molecule has 0 saturated carbocycles. The van der Waals surface area contributed by atoms with E-state index in [0.717, 1.165) is 25.4 Å². The topological polar surface area (TPSA) is 38.0 Å². The molecule has 2 unspecified atom stereocenters. The van der Waals surface area contributed by atoms with Gasteiger partial charge in [0.15, 0.2) is 0 Å². The lowest BCUT2D eigenvalue weighted by molar-refractivity contribution is 0.472. The number of hydrogen-bond acceptors (Lipinski definition) is 2. The smallest absolute Gasteiger partial charge is 0.0300 e. The average Bonchev–Trinajstić information content (AvgIpc) is 2.70. The molecule has 0 spiro atoms. The monoisotopic (exact) mass is 218 g/mol. The first-order chi connectivity index (χ1) is 7.66. The van der Waals surface area contributed by atoms with Crippen molar-refractivity contribution in [2.45, 2.75) is 32.7 Å². The van der Waals surface area contributed by atoms with Gasteiger partial charge >= 0.3 is 0 Å². The zero-order valence-corrected chi connectivity index (χ0v) is 10.3. The fraction of sp³-hybridized carbons (Fsp3) is 0.571. The van der Waals surface area contributed by atoms with E-state index >= 15 is 0 Å². The molecule has 2 nitrogen and oxygen atoms in total. The Hall–Kier alpha value is -0.860. The van der Waals surface area contributed by atoms with Gasteiger partial charge in [-0.1, -0.05) is 23.8 Å². The van der Waals surface area contributed by atoms with Crippen LogP contribution in [-0.4, -0.2) is 13.1 Å². The van der Waals surface area contributed by atoms with Gasteiger partial charge < -0.3 is 11.1 Å². The third-order valence-electron chi connectivity index (χ3n) is 3.57. The molecule has 1 heterocycles. The lowest BCUT2D eigenvalue weighted by atomic mass is 9.92. The van der Waals surface area contributed by atoms with Crippen LogP contribution in [0.15, 0.2) is 18.2 Å². The minimum absolute atomic E-state index is 0.200. The third kappa shape index (κ3) is 2.63. The first kappa shape index (κ1) is 11.6. The van der Waals surface area contributed by atoms with Crippen LogP contribution in [0.3, 0.4) is 0 Å². The van der Waals surface area contributed by atoms with Gasteiger partial charge in [0.2, 0.25) is 0 Å². The van der Waals surface area contributed by atoms with E-state index in [9.17, 15) is 0 Å². The van der Waals surface area contributed by atoms with Gasteiger partial charge in [0.1, 0.15) is 0 Å². The van der Waals surface area contributed by atoms with E-state index in [1.807, 2.05) is 0 Å². The minimum atomic E-state index is 0.200. The predicted octanol–water partition coefficient (Wildman–Crippen LogP) is 2.30. The maximum absolute atomic E-state index is 6.30. The number of rotatable bonds is 3. The highest BCUT2D eigenvalue weighted by molar-refractivity contribution is 5.32. The second-order valence-electron chi connectivity index (χ2n) is 5.06. The number of aryl methyl sites for hydroxylation is 2. The van der Waals surface area contributed by atoms with Crippen LogP contribution in [-0.2, 0) is 0 Å². The van der Waals surface area contributed by atoms with Crippen molar-refractivity contribution in [3.63, 3.8) is 0 Å². The molecule has 1 saturated heterocycles. The summed E-state index contributed by atoms with van der Waals surface area (Å²) >= 11 is 0. The molecule has 0 bridgehead atoms. The van der Waals surface area contributed by atoms with Gasteiger partial charge in [-0.25, -0.2) is 0 Å². The van der Waals surface area contributed by atoms with E-state index in [-0.39, 0.29) is 6.04 Å². The Bertz CT molecular complexity index is 354. The van der Waals surface area contributed by atoms with Crippen molar-refractivity contribution in [3.8, 4) is 0 Å². The van der Waals surface area contributed by atoms with E-state index in [1.165, 1.54) is 23.1 Å². The van der Waals surface area contributed by atoms with E-state index < -0.39 is 0 Å². The summed E-state index contributed by atoms with van der Waals surface area (Å²) in [5.41, 5.74) is 10.3. The Morgan fingerprint density at radius 1 is 1.44 bits per heavy atom. The van der Waals surface area contributed by atoms with Crippen molar-refractivity contribution in [3.05, 3.63) is 34.9 Å². The summed E-state index contributed by atoms with van der Waals surface area (Å²) in [4.78, 5) is 0. The minimum Gasteiger partial charge on any atom is -0.324 e. The molecule has 16 heavy (non-hydrogen) atoms. The van der Waals surface area contributed by atoms with Gasteiger partial charge in [0.25, 0.3) is 0 Å². The fourth-order valence-corrected chi connectivity index (χ4v) is 2.64. The van der Waals surface area contributed by atoms with Gasteiger partial charge in [-0.3, -0.25) is 0 Å². The van der Waals surface area contributed by atoms with Crippen LogP contribution in [0.25, 0.3) is 0 Å². The van der Waals surface area contributed by atoms with Crippen molar-refractivity contribution in [1.82, 2.24) is 5.32 Å². The van der Waals surface area contributed by atoms with Crippen LogP contribution in [0.4, 0.5) is 0 Å². The van der Waals surface area contributed by atoms with Gasteiger partial charge in [0.05, 0.1) is 0 Å². The summed E-state index contributed by atoms with van der Waals surface area (Å²) in [5, 5.41) is 3.40. The molecule has 2 heteroatoms. The maximum Gasteiger partial charge on any atom is 0.0300 e. The first-order valence-electron chi connectivity index (χ1n) is 6.20. The molecule has 0 aromatic heterocycles. The van der Waals surface area contributed by atoms with Crippen molar-refractivity contribution in [2.24, 2.45) is 11.7 Å². The van der Waals surface area contributed by atoms with E-state index in [1.54, 1.807) is 0 Å². The molecular formula is C14H22N2. The maximum atomic E-state index is 6.30. The van der Waals surface area contributed by atoms with Crippen molar-refractivity contribution >= 4 is 0 Å². The summed E-state index contributed by atoms with van der Waals surface area (Å²) in [6, 6.07) is 6.78. The molecule has 0 aliphatic carbocycles. The van der Waals surface area contributed by atoms with Crippen LogP contribution >= 0.6 is 0 Å². The van der Waals surface area contributed by atoms with Crippen LogP contribution in [0.2, 0.25) is 0 Å².